The van der Waals surface area contributed by atoms with Gasteiger partial charge < -0.3 is 14.7 Å². The van der Waals surface area contributed by atoms with Gasteiger partial charge in [-0.15, -0.1) is 0 Å². The van der Waals surface area contributed by atoms with E-state index >= 15 is 0 Å². The topological polar surface area (TPSA) is 9.72 Å². The van der Waals surface area contributed by atoms with Crippen molar-refractivity contribution in [2.24, 2.45) is 0 Å². The van der Waals surface area contributed by atoms with E-state index in [-0.39, 0.29) is 32.9 Å². The van der Waals surface area contributed by atoms with Gasteiger partial charge in [0.2, 0.25) is 0 Å². The summed E-state index contributed by atoms with van der Waals surface area (Å²) in [7, 11) is 0. The quantitative estimate of drug-likeness (QED) is 0.164. The van der Waals surface area contributed by atoms with E-state index in [9.17, 15) is 0 Å². The molecule has 6 aliphatic rings. The summed E-state index contributed by atoms with van der Waals surface area (Å²) in [5.41, 5.74) is 20.4. The lowest BCUT2D eigenvalue weighted by Crippen LogP contribution is -2.48. The highest BCUT2D eigenvalue weighted by atomic mass is 15.3. The van der Waals surface area contributed by atoms with Gasteiger partial charge in [0, 0.05) is 50.4 Å². The van der Waals surface area contributed by atoms with Crippen LogP contribution in [0, 0.1) is 0 Å². The van der Waals surface area contributed by atoms with Crippen LogP contribution in [0.15, 0.2) is 212 Å². The maximum atomic E-state index is 2.70. The Morgan fingerprint density at radius 2 is 0.593 bits per heavy atom. The number of rotatable bonds is 6. The van der Waals surface area contributed by atoms with Crippen molar-refractivity contribution in [1.82, 2.24) is 0 Å². The van der Waals surface area contributed by atoms with Crippen molar-refractivity contribution in [1.29, 1.82) is 0 Å². The predicted octanol–water partition coefficient (Wildman–Crippen LogP) is 22.5. The number of benzene rings is 11. The second-order valence-electron chi connectivity index (χ2n) is 28.5. The highest BCUT2D eigenvalue weighted by Gasteiger charge is 2.62. The molecule has 0 spiro atoms. The zero-order valence-electron chi connectivity index (χ0n) is 50.4. The number of anilines is 6. The van der Waals surface area contributed by atoms with Crippen LogP contribution in [0.3, 0.4) is 0 Å². The Morgan fingerprint density at radius 3 is 0.988 bits per heavy atom. The summed E-state index contributed by atoms with van der Waals surface area (Å²) in [5.74, 6) is 0. The van der Waals surface area contributed by atoms with Crippen LogP contribution in [0.1, 0.15) is 116 Å². The van der Waals surface area contributed by atoms with Gasteiger partial charge in [0.15, 0.2) is 0 Å². The molecule has 3 heteroatoms. The van der Waals surface area contributed by atoms with E-state index < -0.39 is 0 Å². The maximum absolute atomic E-state index is 2.70. The van der Waals surface area contributed by atoms with Crippen LogP contribution in [0.25, 0.3) is 98.0 Å². The molecule has 3 heterocycles. The molecule has 3 fully saturated rings. The molecule has 0 N–H and O–H groups in total. The minimum atomic E-state index is -0.0128. The molecular weight excluding hydrogens is 1040 g/mol. The molecule has 6 atom stereocenters. The number of nitrogens with zero attached hydrogens (tertiary/aromatic N) is 3. The van der Waals surface area contributed by atoms with Crippen molar-refractivity contribution < 1.29 is 0 Å². The fraction of sp³-hybridized carbons (Fsp3) is 0.253. The molecule has 86 heavy (non-hydrogen) atoms. The Kier molecular flexibility index (Phi) is 9.60. The molecule has 0 amide bonds. The number of fused-ring (bicyclic) bond motifs is 15. The molecular formula is C83H71N3. The van der Waals surface area contributed by atoms with Crippen molar-refractivity contribution in [2.45, 2.75) is 132 Å². The normalized spacial score (nSPS) is 26.3. The van der Waals surface area contributed by atoms with Crippen LogP contribution < -0.4 is 14.7 Å². The van der Waals surface area contributed by atoms with Crippen molar-refractivity contribution in [3.05, 3.63) is 229 Å². The molecule has 418 valence electrons. The minimum absolute atomic E-state index is 0.0120. The second kappa shape index (κ2) is 16.6. The SMILES string of the molecule is CC12CCCC1(C)N(c1ccccc1)c1ccc(-c3ccc4c5cc6c(cc5c5cccc3c54)c3ccc(-c4ccc5c(c4)C4(C)CCCC4(C)N5c4ccccc4)c4c(-c5ccc7c(c5)C5(C)CCCC5(C)N7c5ccccc5)ccc6c43)cc12. The maximum Gasteiger partial charge on any atom is 0.0517 e. The molecule has 3 nitrogen and oxygen atoms in total. The van der Waals surface area contributed by atoms with Crippen molar-refractivity contribution >= 4 is 98.8 Å². The van der Waals surface area contributed by atoms with Crippen molar-refractivity contribution in [2.75, 3.05) is 14.7 Å². The van der Waals surface area contributed by atoms with Gasteiger partial charge in [0.1, 0.15) is 0 Å². The first-order chi connectivity index (χ1) is 41.9. The smallest absolute Gasteiger partial charge is 0.0517 e. The molecule has 0 radical (unpaired) electrons. The monoisotopic (exact) mass is 1110 g/mol. The summed E-state index contributed by atoms with van der Waals surface area (Å²) in [5, 5.41) is 16.2. The van der Waals surface area contributed by atoms with Gasteiger partial charge in [0.25, 0.3) is 0 Å². The standard InChI is InChI=1S/C83H71N3/c1-78-40-17-43-81(78,4)84(54-20-10-7-11-21-54)72-37-28-51(46-69(72)78)57-31-34-62-66-50-68-64-36-33-59(53-30-39-74-71(48-53)80(3)42-19-45-83(80,6)86(74)56-24-14-9-15-25-56)76-58(32-35-63(77(64)76)67(68)49-65(66)61-27-16-26-60(57)75(61)62)52-29-38-73-70(47-52)79(2)41-18-44-82(79,5)85(73)55-22-12-8-13-23-55/h7-16,20-39,46-50H,17-19,40-45H2,1-6H3. The van der Waals surface area contributed by atoms with E-state index in [0.717, 1.165) is 0 Å². The van der Waals surface area contributed by atoms with E-state index in [1.54, 1.807) is 0 Å². The lowest BCUT2D eigenvalue weighted by Gasteiger charge is -2.42. The summed E-state index contributed by atoms with van der Waals surface area (Å²) in [6.07, 6.45) is 10.8. The molecule has 0 bridgehead atoms. The van der Waals surface area contributed by atoms with Crippen LogP contribution in [-0.2, 0) is 16.2 Å². The molecule has 13 aromatic rings. The van der Waals surface area contributed by atoms with E-state index in [2.05, 4.69) is 269 Å². The van der Waals surface area contributed by atoms with Gasteiger partial charge in [-0.3, -0.25) is 0 Å². The summed E-state index contributed by atoms with van der Waals surface area (Å²) in [6, 6.07) is 83.2. The number of hydrogen-bond acceptors (Lipinski definition) is 3. The average molecular weight is 1110 g/mol. The number of para-hydroxylation sites is 3. The second-order valence-corrected chi connectivity index (χ2v) is 28.5. The molecule has 19 rings (SSSR count). The Hall–Kier alpha value is -8.66. The van der Waals surface area contributed by atoms with Crippen molar-refractivity contribution in [3.8, 4) is 33.4 Å². The molecule has 6 unspecified atom stereocenters. The summed E-state index contributed by atoms with van der Waals surface area (Å²) in [4.78, 5) is 8.08. The third-order valence-electron chi connectivity index (χ3n) is 25.1. The van der Waals surface area contributed by atoms with Gasteiger partial charge in [-0.2, -0.15) is 0 Å². The predicted molar refractivity (Wildman–Crippen MR) is 365 cm³/mol. The fourth-order valence-corrected chi connectivity index (χ4v) is 20.2. The molecule has 13 aromatic carbocycles. The summed E-state index contributed by atoms with van der Waals surface area (Å²) >= 11 is 0. The Bertz CT molecular complexity index is 4830. The zero-order valence-corrected chi connectivity index (χ0v) is 50.4. The highest BCUT2D eigenvalue weighted by molar-refractivity contribution is 6.39. The van der Waals surface area contributed by atoms with Crippen LogP contribution in [0.4, 0.5) is 34.1 Å². The molecule has 0 saturated heterocycles. The van der Waals surface area contributed by atoms with E-state index in [0.29, 0.717) is 0 Å². The first-order valence-electron chi connectivity index (χ1n) is 32.2. The van der Waals surface area contributed by atoms with E-state index in [1.165, 1.54) is 207 Å². The van der Waals surface area contributed by atoms with Gasteiger partial charge in [-0.25, -0.2) is 0 Å². The van der Waals surface area contributed by atoms with Crippen LogP contribution >= 0.6 is 0 Å². The Labute approximate surface area is 505 Å². The Morgan fingerprint density at radius 1 is 0.256 bits per heavy atom. The molecule has 0 aromatic heterocycles. The average Bonchev–Trinajstić information content (AvgIpc) is 1.59. The van der Waals surface area contributed by atoms with Crippen LogP contribution in [0.5, 0.6) is 0 Å². The summed E-state index contributed by atoms with van der Waals surface area (Å²) < 4.78 is 0. The van der Waals surface area contributed by atoms with Gasteiger partial charge in [0.05, 0.1) is 16.6 Å². The van der Waals surface area contributed by atoms with Crippen molar-refractivity contribution in [3.63, 3.8) is 0 Å². The Balaban J connectivity index is 0.814. The number of hydrogen-bond donors (Lipinski definition) is 0. The third-order valence-corrected chi connectivity index (χ3v) is 25.1. The first-order valence-corrected chi connectivity index (χ1v) is 32.2. The molecule has 3 aliphatic heterocycles. The van der Waals surface area contributed by atoms with Crippen LogP contribution in [0.2, 0.25) is 0 Å². The summed E-state index contributed by atoms with van der Waals surface area (Å²) in [6.45, 7) is 15.3. The van der Waals surface area contributed by atoms with Gasteiger partial charge in [-0.1, -0.05) is 167 Å². The lowest BCUT2D eigenvalue weighted by molar-refractivity contribution is 0.330. The van der Waals surface area contributed by atoms with E-state index in [4.69, 9.17) is 0 Å². The van der Waals surface area contributed by atoms with E-state index in [1.807, 2.05) is 0 Å². The minimum Gasteiger partial charge on any atom is -0.334 e. The largest absolute Gasteiger partial charge is 0.334 e. The van der Waals surface area contributed by atoms with Gasteiger partial charge >= 0.3 is 0 Å². The lowest BCUT2D eigenvalue weighted by atomic mass is 9.71. The highest BCUT2D eigenvalue weighted by Crippen LogP contribution is 2.66. The molecule has 3 aliphatic carbocycles. The van der Waals surface area contributed by atoms with Crippen LogP contribution in [-0.4, -0.2) is 16.6 Å². The zero-order chi connectivity index (χ0) is 57.4. The van der Waals surface area contributed by atoms with Gasteiger partial charge in [-0.05, 0) is 259 Å². The third kappa shape index (κ3) is 5.87. The fourth-order valence-electron chi connectivity index (χ4n) is 20.2. The molecule has 3 saturated carbocycles. The first kappa shape index (κ1) is 49.6.